The minimum atomic E-state index is -3.51. The van der Waals surface area contributed by atoms with Crippen LogP contribution >= 0.6 is 12.2 Å². The van der Waals surface area contributed by atoms with E-state index in [-0.39, 0.29) is 4.90 Å². The van der Waals surface area contributed by atoms with E-state index in [0.29, 0.717) is 17.3 Å². The van der Waals surface area contributed by atoms with Crippen LogP contribution in [0.1, 0.15) is 19.8 Å². The van der Waals surface area contributed by atoms with E-state index in [9.17, 15) is 8.42 Å². The number of hydrogen-bond donors (Lipinski definition) is 3. The molecule has 24 heavy (non-hydrogen) atoms. The topological polar surface area (TPSA) is 73.5 Å². The quantitative estimate of drug-likeness (QED) is 0.353. The SMILES string of the molecule is C=CCNC(=S)Nc1cc(S(=O)(=O)N(C)C)ccc1NCCCC. The van der Waals surface area contributed by atoms with E-state index in [4.69, 9.17) is 12.2 Å². The van der Waals surface area contributed by atoms with Gasteiger partial charge in [0.2, 0.25) is 10.0 Å². The van der Waals surface area contributed by atoms with Crippen LogP contribution in [0, 0.1) is 0 Å². The van der Waals surface area contributed by atoms with Gasteiger partial charge in [-0.05, 0) is 36.8 Å². The molecule has 0 spiro atoms. The molecule has 0 saturated heterocycles. The number of benzene rings is 1. The summed E-state index contributed by atoms with van der Waals surface area (Å²) in [6.45, 7) is 7.07. The molecule has 0 saturated carbocycles. The Labute approximate surface area is 150 Å². The molecule has 0 aromatic heterocycles. The first-order valence-corrected chi connectivity index (χ1v) is 9.64. The fraction of sp³-hybridized carbons (Fsp3) is 0.438. The van der Waals surface area contributed by atoms with E-state index in [1.54, 1.807) is 24.3 Å². The maximum Gasteiger partial charge on any atom is 0.242 e. The molecule has 0 heterocycles. The predicted octanol–water partition coefficient (Wildman–Crippen LogP) is 2.62. The number of hydrogen-bond acceptors (Lipinski definition) is 4. The number of unbranched alkanes of at least 4 members (excludes halogenated alkanes) is 1. The monoisotopic (exact) mass is 370 g/mol. The van der Waals surface area contributed by atoms with Crippen LogP contribution in [0.4, 0.5) is 11.4 Å². The summed E-state index contributed by atoms with van der Waals surface area (Å²) in [4.78, 5) is 0.211. The Morgan fingerprint density at radius 3 is 2.62 bits per heavy atom. The largest absolute Gasteiger partial charge is 0.383 e. The summed E-state index contributed by atoms with van der Waals surface area (Å²) >= 11 is 5.23. The zero-order valence-corrected chi connectivity index (χ0v) is 16.1. The second-order valence-corrected chi connectivity index (χ2v) is 7.96. The van der Waals surface area contributed by atoms with Crippen LogP contribution < -0.4 is 16.0 Å². The molecule has 134 valence electrons. The Hall–Kier alpha value is -1.64. The van der Waals surface area contributed by atoms with Gasteiger partial charge in [-0.15, -0.1) is 6.58 Å². The van der Waals surface area contributed by atoms with Crippen molar-refractivity contribution in [2.24, 2.45) is 0 Å². The summed E-state index contributed by atoms with van der Waals surface area (Å²) in [7, 11) is -0.496. The van der Waals surface area contributed by atoms with Gasteiger partial charge in [-0.25, -0.2) is 12.7 Å². The molecule has 8 heteroatoms. The van der Waals surface area contributed by atoms with E-state index >= 15 is 0 Å². The lowest BCUT2D eigenvalue weighted by molar-refractivity contribution is 0.521. The van der Waals surface area contributed by atoms with Gasteiger partial charge in [-0.2, -0.15) is 0 Å². The van der Waals surface area contributed by atoms with Crippen LogP contribution in [0.3, 0.4) is 0 Å². The predicted molar refractivity (Wildman–Crippen MR) is 105 cm³/mol. The summed E-state index contributed by atoms with van der Waals surface area (Å²) in [6, 6.07) is 4.94. The average molecular weight is 371 g/mol. The highest BCUT2D eigenvalue weighted by Gasteiger charge is 2.19. The Balaban J connectivity index is 3.11. The molecule has 1 rings (SSSR count). The molecule has 0 aliphatic carbocycles. The van der Waals surface area contributed by atoms with E-state index < -0.39 is 10.0 Å². The highest BCUT2D eigenvalue weighted by Crippen LogP contribution is 2.26. The van der Waals surface area contributed by atoms with Gasteiger partial charge in [0.1, 0.15) is 0 Å². The molecule has 0 unspecified atom stereocenters. The fourth-order valence-electron chi connectivity index (χ4n) is 1.88. The van der Waals surface area contributed by atoms with Crippen LogP contribution in [0.2, 0.25) is 0 Å². The molecule has 0 amide bonds. The van der Waals surface area contributed by atoms with Crippen molar-refractivity contribution in [3.8, 4) is 0 Å². The van der Waals surface area contributed by atoms with Gasteiger partial charge in [0, 0.05) is 27.2 Å². The highest BCUT2D eigenvalue weighted by atomic mass is 32.2. The first-order valence-electron chi connectivity index (χ1n) is 7.79. The van der Waals surface area contributed by atoms with Crippen molar-refractivity contribution in [1.82, 2.24) is 9.62 Å². The van der Waals surface area contributed by atoms with Gasteiger partial charge in [0.05, 0.1) is 16.3 Å². The number of nitrogens with zero attached hydrogens (tertiary/aromatic N) is 1. The highest BCUT2D eigenvalue weighted by molar-refractivity contribution is 7.89. The second kappa shape index (κ2) is 9.61. The molecular formula is C16H26N4O2S2. The van der Waals surface area contributed by atoms with E-state index in [1.807, 2.05) is 0 Å². The zero-order valence-electron chi connectivity index (χ0n) is 14.4. The van der Waals surface area contributed by atoms with Gasteiger partial charge in [-0.1, -0.05) is 19.4 Å². The Kier molecular flexibility index (Phi) is 8.17. The molecule has 1 aromatic rings. The number of anilines is 2. The molecule has 3 N–H and O–H groups in total. The lowest BCUT2D eigenvalue weighted by Crippen LogP contribution is -2.29. The lowest BCUT2D eigenvalue weighted by atomic mass is 10.2. The van der Waals surface area contributed by atoms with Crippen molar-refractivity contribution in [2.45, 2.75) is 24.7 Å². The van der Waals surface area contributed by atoms with Crippen molar-refractivity contribution in [1.29, 1.82) is 0 Å². The van der Waals surface area contributed by atoms with Crippen LogP contribution in [0.25, 0.3) is 0 Å². The normalized spacial score (nSPS) is 11.2. The van der Waals surface area contributed by atoms with Crippen LogP contribution in [-0.4, -0.2) is 45.0 Å². The summed E-state index contributed by atoms with van der Waals surface area (Å²) in [5, 5.41) is 9.74. The third-order valence-electron chi connectivity index (χ3n) is 3.27. The van der Waals surface area contributed by atoms with Crippen LogP contribution in [-0.2, 0) is 10.0 Å². The van der Waals surface area contributed by atoms with Crippen molar-refractivity contribution in [3.63, 3.8) is 0 Å². The van der Waals surface area contributed by atoms with Crippen LogP contribution in [0.15, 0.2) is 35.7 Å². The van der Waals surface area contributed by atoms with Gasteiger partial charge in [0.25, 0.3) is 0 Å². The van der Waals surface area contributed by atoms with Crippen molar-refractivity contribution < 1.29 is 8.42 Å². The lowest BCUT2D eigenvalue weighted by Gasteiger charge is -2.18. The summed E-state index contributed by atoms with van der Waals surface area (Å²) < 4.78 is 25.8. The molecule has 1 aromatic carbocycles. The minimum Gasteiger partial charge on any atom is -0.383 e. The van der Waals surface area contributed by atoms with Crippen molar-refractivity contribution >= 4 is 38.7 Å². The molecule has 0 bridgehead atoms. The minimum absolute atomic E-state index is 0.211. The van der Waals surface area contributed by atoms with E-state index in [1.165, 1.54) is 18.4 Å². The standard InChI is InChI=1S/C16H26N4O2S2/c1-5-7-11-17-14-9-8-13(24(21,22)20(3)4)12-15(14)19-16(23)18-10-6-2/h6,8-9,12,17H,2,5,7,10-11H2,1,3-4H3,(H2,18,19,23). The Bertz CT molecular complexity index is 673. The molecule has 0 aliphatic rings. The fourth-order valence-corrected chi connectivity index (χ4v) is 3.01. The van der Waals surface area contributed by atoms with Crippen molar-refractivity contribution in [3.05, 3.63) is 30.9 Å². The maximum absolute atomic E-state index is 12.3. The number of sulfonamides is 1. The number of thiocarbonyl (C=S) groups is 1. The number of rotatable bonds is 9. The van der Waals surface area contributed by atoms with Crippen molar-refractivity contribution in [2.75, 3.05) is 37.8 Å². The van der Waals surface area contributed by atoms with Gasteiger partial charge < -0.3 is 16.0 Å². The smallest absolute Gasteiger partial charge is 0.242 e. The molecule has 0 aliphatic heterocycles. The first kappa shape index (κ1) is 20.4. The Morgan fingerprint density at radius 1 is 1.33 bits per heavy atom. The Morgan fingerprint density at radius 2 is 2.04 bits per heavy atom. The summed E-state index contributed by atoms with van der Waals surface area (Å²) in [5.74, 6) is 0. The second-order valence-electron chi connectivity index (χ2n) is 5.40. The van der Waals surface area contributed by atoms with E-state index in [2.05, 4.69) is 29.5 Å². The van der Waals surface area contributed by atoms with Gasteiger partial charge in [0.15, 0.2) is 5.11 Å². The van der Waals surface area contributed by atoms with Gasteiger partial charge >= 0.3 is 0 Å². The zero-order chi connectivity index (χ0) is 18.2. The molecule has 0 atom stereocenters. The molecular weight excluding hydrogens is 344 g/mol. The van der Waals surface area contributed by atoms with E-state index in [0.717, 1.165) is 25.1 Å². The van der Waals surface area contributed by atoms with Gasteiger partial charge in [-0.3, -0.25) is 0 Å². The maximum atomic E-state index is 12.3. The third kappa shape index (κ3) is 5.77. The number of nitrogens with one attached hydrogen (secondary N) is 3. The van der Waals surface area contributed by atoms with Crippen LogP contribution in [0.5, 0.6) is 0 Å². The summed E-state index contributed by atoms with van der Waals surface area (Å²) in [6.07, 6.45) is 3.79. The average Bonchev–Trinajstić information content (AvgIpc) is 2.54. The third-order valence-corrected chi connectivity index (χ3v) is 5.33. The summed E-state index contributed by atoms with van der Waals surface area (Å²) in [5.41, 5.74) is 1.43. The molecule has 6 nitrogen and oxygen atoms in total. The molecule has 0 radical (unpaired) electrons. The first-order chi connectivity index (χ1) is 11.3. The molecule has 0 fully saturated rings.